The van der Waals surface area contributed by atoms with Crippen LogP contribution >= 0.6 is 0 Å². The van der Waals surface area contributed by atoms with Crippen LogP contribution in [0.5, 0.6) is 0 Å². The molecule has 14 heavy (non-hydrogen) atoms. The van der Waals surface area contributed by atoms with Gasteiger partial charge >= 0.3 is 5.97 Å². The van der Waals surface area contributed by atoms with Crippen LogP contribution in [0.3, 0.4) is 0 Å². The van der Waals surface area contributed by atoms with Crippen LogP contribution in [-0.4, -0.2) is 30.5 Å². The Labute approximate surface area is 83.3 Å². The molecule has 1 saturated carbocycles. The molecule has 1 aliphatic carbocycles. The maximum absolute atomic E-state index is 11.8. The van der Waals surface area contributed by atoms with Crippen LogP contribution in [0.1, 0.15) is 32.1 Å². The smallest absolute Gasteiger partial charge is 0.306 e. The Morgan fingerprint density at radius 2 is 2.00 bits per heavy atom. The van der Waals surface area contributed by atoms with E-state index in [9.17, 15) is 9.18 Å². The lowest BCUT2D eigenvalue weighted by molar-refractivity contribution is -0.143. The molecule has 0 spiro atoms. The average molecular weight is 204 g/mol. The standard InChI is InChI=1S/C10H17FO3/c11-6-1-7-14-9-4-2-8(3-5-9)10(12)13/h8-9H,1-7H2,(H,12,13). The molecule has 1 rings (SSSR count). The summed E-state index contributed by atoms with van der Waals surface area (Å²) in [5.74, 6) is -0.900. The molecule has 0 amide bonds. The highest BCUT2D eigenvalue weighted by Gasteiger charge is 2.25. The Balaban J connectivity index is 2.12. The molecule has 0 aliphatic heterocycles. The molecular weight excluding hydrogens is 187 g/mol. The second-order valence-corrected chi connectivity index (χ2v) is 3.73. The monoisotopic (exact) mass is 204 g/mol. The second-order valence-electron chi connectivity index (χ2n) is 3.73. The van der Waals surface area contributed by atoms with E-state index in [1.807, 2.05) is 0 Å². The van der Waals surface area contributed by atoms with Crippen LogP contribution in [0.4, 0.5) is 4.39 Å². The summed E-state index contributed by atoms with van der Waals surface area (Å²) in [7, 11) is 0. The molecule has 1 fully saturated rings. The first-order chi connectivity index (χ1) is 6.74. The molecule has 0 atom stereocenters. The summed E-state index contributed by atoms with van der Waals surface area (Å²) in [5, 5.41) is 8.75. The van der Waals surface area contributed by atoms with Crippen molar-refractivity contribution >= 4 is 5.97 Å². The lowest BCUT2D eigenvalue weighted by atomic mass is 9.87. The van der Waals surface area contributed by atoms with E-state index in [0.717, 1.165) is 12.8 Å². The van der Waals surface area contributed by atoms with Crippen molar-refractivity contribution in [2.45, 2.75) is 38.2 Å². The number of carboxylic acid groups (broad SMARTS) is 1. The molecule has 0 aromatic carbocycles. The maximum atomic E-state index is 11.8. The van der Waals surface area contributed by atoms with Crippen molar-refractivity contribution < 1.29 is 19.0 Å². The lowest BCUT2D eigenvalue weighted by Crippen LogP contribution is -2.26. The minimum atomic E-state index is -0.702. The first-order valence-corrected chi connectivity index (χ1v) is 5.14. The molecule has 0 heterocycles. The Bertz CT molecular complexity index is 176. The largest absolute Gasteiger partial charge is 0.481 e. The number of alkyl halides is 1. The van der Waals surface area contributed by atoms with Crippen LogP contribution in [0.15, 0.2) is 0 Å². The highest BCUT2D eigenvalue weighted by Crippen LogP contribution is 2.26. The summed E-state index contributed by atoms with van der Waals surface area (Å²) in [6.07, 6.45) is 3.56. The van der Waals surface area contributed by atoms with Crippen LogP contribution in [0, 0.1) is 5.92 Å². The van der Waals surface area contributed by atoms with Crippen molar-refractivity contribution in [3.8, 4) is 0 Å². The van der Waals surface area contributed by atoms with Crippen molar-refractivity contribution in [3.05, 3.63) is 0 Å². The van der Waals surface area contributed by atoms with E-state index in [1.165, 1.54) is 0 Å². The van der Waals surface area contributed by atoms with E-state index >= 15 is 0 Å². The maximum Gasteiger partial charge on any atom is 0.306 e. The quantitative estimate of drug-likeness (QED) is 0.697. The van der Waals surface area contributed by atoms with Gasteiger partial charge in [-0.05, 0) is 32.1 Å². The number of carbonyl (C=O) groups is 1. The van der Waals surface area contributed by atoms with Crippen LogP contribution in [0.25, 0.3) is 0 Å². The Morgan fingerprint density at radius 3 is 2.50 bits per heavy atom. The molecule has 82 valence electrons. The van der Waals surface area contributed by atoms with Crippen molar-refractivity contribution in [3.63, 3.8) is 0 Å². The fourth-order valence-corrected chi connectivity index (χ4v) is 1.78. The normalized spacial score (nSPS) is 27.5. The number of rotatable bonds is 5. The molecule has 1 N–H and O–H groups in total. The van der Waals surface area contributed by atoms with E-state index in [4.69, 9.17) is 9.84 Å². The van der Waals surface area contributed by atoms with Gasteiger partial charge in [-0.1, -0.05) is 0 Å². The third kappa shape index (κ3) is 3.62. The summed E-state index contributed by atoms with van der Waals surface area (Å²) in [6, 6.07) is 0. The highest BCUT2D eigenvalue weighted by atomic mass is 19.1. The number of carboxylic acids is 1. The molecule has 0 unspecified atom stereocenters. The van der Waals surface area contributed by atoms with Gasteiger partial charge in [0, 0.05) is 6.61 Å². The first kappa shape index (κ1) is 11.4. The Hall–Kier alpha value is -0.640. The van der Waals surface area contributed by atoms with Gasteiger partial charge in [0.2, 0.25) is 0 Å². The zero-order valence-corrected chi connectivity index (χ0v) is 8.25. The Morgan fingerprint density at radius 1 is 1.36 bits per heavy atom. The fourth-order valence-electron chi connectivity index (χ4n) is 1.78. The van der Waals surface area contributed by atoms with Crippen molar-refractivity contribution in [2.24, 2.45) is 5.92 Å². The molecule has 0 saturated heterocycles. The highest BCUT2D eigenvalue weighted by molar-refractivity contribution is 5.69. The predicted octanol–water partition coefficient (Wildman–Crippen LogP) is 2.01. The summed E-state index contributed by atoms with van der Waals surface area (Å²) in [5.41, 5.74) is 0. The molecule has 4 heteroatoms. The van der Waals surface area contributed by atoms with Crippen molar-refractivity contribution in [1.82, 2.24) is 0 Å². The molecule has 3 nitrogen and oxygen atoms in total. The number of hydrogen-bond acceptors (Lipinski definition) is 2. The van der Waals surface area contributed by atoms with Crippen molar-refractivity contribution in [1.29, 1.82) is 0 Å². The van der Waals surface area contributed by atoms with Gasteiger partial charge in [0.15, 0.2) is 0 Å². The van der Waals surface area contributed by atoms with E-state index in [2.05, 4.69) is 0 Å². The van der Waals surface area contributed by atoms with Gasteiger partial charge in [-0.3, -0.25) is 9.18 Å². The molecule has 0 aromatic heterocycles. The topological polar surface area (TPSA) is 46.5 Å². The zero-order valence-electron chi connectivity index (χ0n) is 8.25. The third-order valence-electron chi connectivity index (χ3n) is 2.65. The molecule has 1 aliphatic rings. The third-order valence-corrected chi connectivity index (χ3v) is 2.65. The van der Waals surface area contributed by atoms with Gasteiger partial charge in [0.1, 0.15) is 0 Å². The first-order valence-electron chi connectivity index (χ1n) is 5.14. The predicted molar refractivity (Wildman–Crippen MR) is 49.9 cm³/mol. The van der Waals surface area contributed by atoms with Gasteiger partial charge in [-0.2, -0.15) is 0 Å². The second kappa shape index (κ2) is 5.96. The van der Waals surface area contributed by atoms with Crippen molar-refractivity contribution in [2.75, 3.05) is 13.3 Å². The van der Waals surface area contributed by atoms with Gasteiger partial charge in [-0.25, -0.2) is 0 Å². The molecule has 0 aromatic rings. The lowest BCUT2D eigenvalue weighted by Gasteiger charge is -2.25. The average Bonchev–Trinajstić information content (AvgIpc) is 2.19. The van der Waals surface area contributed by atoms with Crippen LogP contribution in [0.2, 0.25) is 0 Å². The van der Waals surface area contributed by atoms with E-state index in [-0.39, 0.29) is 18.7 Å². The van der Waals surface area contributed by atoms with Gasteiger partial charge in [0.25, 0.3) is 0 Å². The minimum Gasteiger partial charge on any atom is -0.481 e. The van der Waals surface area contributed by atoms with E-state index in [1.54, 1.807) is 0 Å². The summed E-state index contributed by atoms with van der Waals surface area (Å²) in [6.45, 7) is 0.114. The Kier molecular flexibility index (Phi) is 4.87. The van der Waals surface area contributed by atoms with Crippen LogP contribution in [-0.2, 0) is 9.53 Å². The fraction of sp³-hybridized carbons (Fsp3) is 0.900. The summed E-state index contributed by atoms with van der Waals surface area (Å²) in [4.78, 5) is 10.6. The van der Waals surface area contributed by atoms with Crippen LogP contribution < -0.4 is 0 Å². The number of halogens is 1. The number of ether oxygens (including phenoxy) is 1. The van der Waals surface area contributed by atoms with E-state index < -0.39 is 5.97 Å². The molecule has 0 radical (unpaired) electrons. The number of aliphatic carboxylic acids is 1. The summed E-state index contributed by atoms with van der Waals surface area (Å²) >= 11 is 0. The molecule has 0 bridgehead atoms. The van der Waals surface area contributed by atoms with Gasteiger partial charge < -0.3 is 9.84 Å². The zero-order chi connectivity index (χ0) is 10.4. The summed E-state index contributed by atoms with van der Waals surface area (Å²) < 4.78 is 17.2. The molecular formula is C10H17FO3. The van der Waals surface area contributed by atoms with Gasteiger partial charge in [0.05, 0.1) is 18.7 Å². The van der Waals surface area contributed by atoms with E-state index in [0.29, 0.717) is 25.9 Å². The minimum absolute atomic E-state index is 0.150. The number of hydrogen-bond donors (Lipinski definition) is 1. The van der Waals surface area contributed by atoms with Gasteiger partial charge in [-0.15, -0.1) is 0 Å². The SMILES string of the molecule is O=C(O)C1CCC(OCCCF)CC1.